The Morgan fingerprint density at radius 2 is 0.581 bits per heavy atom. The monoisotopic (exact) mass is 432 g/mol. The van der Waals surface area contributed by atoms with E-state index in [1.54, 1.807) is 0 Å². The van der Waals surface area contributed by atoms with Crippen molar-refractivity contribution in [2.24, 2.45) is 0 Å². The topological polar surface area (TPSA) is 0 Å². The predicted octanol–water partition coefficient (Wildman–Crippen LogP) is 11.9. The van der Waals surface area contributed by atoms with Crippen molar-refractivity contribution in [1.29, 1.82) is 0 Å². The van der Waals surface area contributed by atoms with E-state index in [4.69, 9.17) is 0 Å². The minimum atomic E-state index is 1.28. The first-order chi connectivity index (χ1) is 15.4. The third-order valence-electron chi connectivity index (χ3n) is 6.62. The Morgan fingerprint density at radius 3 is 0.871 bits per heavy atom. The third kappa shape index (κ3) is 29.5. The van der Waals surface area contributed by atoms with Crippen LogP contribution in [0.15, 0.2) is 24.3 Å². The molecule has 0 aliphatic carbocycles. The first-order valence-electron chi connectivity index (χ1n) is 14.7. The van der Waals surface area contributed by atoms with E-state index in [2.05, 4.69) is 38.2 Å². The lowest BCUT2D eigenvalue weighted by Crippen LogP contribution is -1.84. The molecule has 0 radical (unpaired) electrons. The lowest BCUT2D eigenvalue weighted by atomic mass is 10.0. The van der Waals surface area contributed by atoms with Crippen LogP contribution >= 0.6 is 0 Å². The first kappa shape index (κ1) is 30.5. The first-order valence-corrected chi connectivity index (χ1v) is 14.7. The van der Waals surface area contributed by atoms with E-state index >= 15 is 0 Å². The fourth-order valence-corrected chi connectivity index (χ4v) is 4.44. The van der Waals surface area contributed by atoms with Gasteiger partial charge in [0, 0.05) is 0 Å². The molecule has 0 nitrogen and oxygen atoms in total. The second kappa shape index (κ2) is 29.5. The molecule has 0 aromatic rings. The number of hydrogen-bond acceptors (Lipinski definition) is 0. The molecule has 0 aliphatic heterocycles. The molecule has 0 N–H and O–H groups in total. The molecule has 0 unspecified atom stereocenters. The molecule has 31 heavy (non-hydrogen) atoms. The van der Waals surface area contributed by atoms with E-state index < -0.39 is 0 Å². The summed E-state index contributed by atoms with van der Waals surface area (Å²) in [5.41, 5.74) is 0. The lowest BCUT2D eigenvalue weighted by Gasteiger charge is -2.03. The summed E-state index contributed by atoms with van der Waals surface area (Å²) in [6, 6.07) is 0. The fourth-order valence-electron chi connectivity index (χ4n) is 4.44. The molecule has 0 rings (SSSR count). The molecule has 0 heterocycles. The van der Waals surface area contributed by atoms with Crippen molar-refractivity contribution in [3.63, 3.8) is 0 Å². The van der Waals surface area contributed by atoms with Crippen LogP contribution in [0.4, 0.5) is 0 Å². The number of unbranched alkanes of at least 4 members (excludes halogenated alkanes) is 23. The van der Waals surface area contributed by atoms with Crippen LogP contribution in [0, 0.1) is 0 Å². The van der Waals surface area contributed by atoms with E-state index in [0.717, 1.165) is 0 Å². The second-order valence-electron chi connectivity index (χ2n) is 9.83. The summed E-state index contributed by atoms with van der Waals surface area (Å²) in [5.74, 6) is 0. The molecule has 0 saturated heterocycles. The standard InChI is InChI=1S/C31H60/c1-3-5-7-9-11-13-15-17-19-21-23-25-27-29-31-30-28-26-24-22-20-18-16-14-12-10-8-6-4-2/h3,5,18,20H,4,6-17,19,21-31H2,1-2H3/b5-3-,20-18-. The average molecular weight is 433 g/mol. The molecule has 0 aromatic carbocycles. The van der Waals surface area contributed by atoms with Gasteiger partial charge in [-0.25, -0.2) is 0 Å². The van der Waals surface area contributed by atoms with Gasteiger partial charge in [0.1, 0.15) is 0 Å². The molecule has 0 bridgehead atoms. The Balaban J connectivity index is 3.05. The van der Waals surface area contributed by atoms with Crippen LogP contribution in [-0.2, 0) is 0 Å². The Labute approximate surface area is 198 Å². The van der Waals surface area contributed by atoms with Crippen molar-refractivity contribution >= 4 is 0 Å². The van der Waals surface area contributed by atoms with Gasteiger partial charge in [-0.2, -0.15) is 0 Å². The van der Waals surface area contributed by atoms with Crippen LogP contribution in [0.2, 0.25) is 0 Å². The molecule has 0 heteroatoms. The molecule has 0 aliphatic rings. The van der Waals surface area contributed by atoms with Gasteiger partial charge < -0.3 is 0 Å². The van der Waals surface area contributed by atoms with Crippen LogP contribution in [-0.4, -0.2) is 0 Å². The molecular formula is C31H60. The zero-order chi connectivity index (χ0) is 22.5. The summed E-state index contributed by atoms with van der Waals surface area (Å²) < 4.78 is 0. The van der Waals surface area contributed by atoms with Crippen LogP contribution < -0.4 is 0 Å². The highest BCUT2D eigenvalue weighted by Crippen LogP contribution is 2.14. The van der Waals surface area contributed by atoms with Crippen LogP contribution in [0.3, 0.4) is 0 Å². The molecule has 184 valence electrons. The van der Waals surface area contributed by atoms with E-state index in [9.17, 15) is 0 Å². The van der Waals surface area contributed by atoms with Crippen molar-refractivity contribution in [2.75, 3.05) is 0 Å². The molecule has 0 atom stereocenters. The van der Waals surface area contributed by atoms with Crippen molar-refractivity contribution in [3.05, 3.63) is 24.3 Å². The molecule has 0 spiro atoms. The molecule has 0 aromatic heterocycles. The lowest BCUT2D eigenvalue weighted by molar-refractivity contribution is 0.528. The van der Waals surface area contributed by atoms with E-state index in [1.165, 1.54) is 161 Å². The van der Waals surface area contributed by atoms with E-state index in [0.29, 0.717) is 0 Å². The Hall–Kier alpha value is -0.520. The fraction of sp³-hybridized carbons (Fsp3) is 0.871. The Kier molecular flexibility index (Phi) is 29.0. The van der Waals surface area contributed by atoms with Gasteiger partial charge in [0.15, 0.2) is 0 Å². The third-order valence-corrected chi connectivity index (χ3v) is 6.62. The Morgan fingerprint density at radius 1 is 0.323 bits per heavy atom. The molecule has 0 amide bonds. The summed E-state index contributed by atoms with van der Waals surface area (Å²) in [5, 5.41) is 0. The van der Waals surface area contributed by atoms with Gasteiger partial charge >= 0.3 is 0 Å². The zero-order valence-electron chi connectivity index (χ0n) is 22.0. The highest BCUT2D eigenvalue weighted by atomic mass is 14.0. The quantitative estimate of drug-likeness (QED) is 0.0941. The largest absolute Gasteiger partial charge is 0.0917 e. The van der Waals surface area contributed by atoms with Gasteiger partial charge in [-0.05, 0) is 45.4 Å². The van der Waals surface area contributed by atoms with Gasteiger partial charge in [-0.3, -0.25) is 0 Å². The molecular weight excluding hydrogens is 372 g/mol. The van der Waals surface area contributed by atoms with Gasteiger partial charge in [0.2, 0.25) is 0 Å². The highest BCUT2D eigenvalue weighted by molar-refractivity contribution is 4.81. The maximum absolute atomic E-state index is 2.44. The average Bonchev–Trinajstić information content (AvgIpc) is 2.78. The summed E-state index contributed by atoms with van der Waals surface area (Å²) in [4.78, 5) is 0. The minimum Gasteiger partial charge on any atom is -0.0917 e. The van der Waals surface area contributed by atoms with Crippen LogP contribution in [0.25, 0.3) is 0 Å². The van der Waals surface area contributed by atoms with Gasteiger partial charge in [0.05, 0.1) is 0 Å². The van der Waals surface area contributed by atoms with Gasteiger partial charge in [0.25, 0.3) is 0 Å². The number of rotatable bonds is 26. The van der Waals surface area contributed by atoms with Crippen molar-refractivity contribution in [2.45, 2.75) is 174 Å². The van der Waals surface area contributed by atoms with E-state index in [-0.39, 0.29) is 0 Å². The molecule has 0 saturated carbocycles. The van der Waals surface area contributed by atoms with Crippen molar-refractivity contribution in [3.8, 4) is 0 Å². The normalized spacial score (nSPS) is 11.9. The predicted molar refractivity (Wildman–Crippen MR) is 145 cm³/mol. The van der Waals surface area contributed by atoms with Gasteiger partial charge in [-0.15, -0.1) is 0 Å². The van der Waals surface area contributed by atoms with Gasteiger partial charge in [-0.1, -0.05) is 153 Å². The second-order valence-corrected chi connectivity index (χ2v) is 9.83. The minimum absolute atomic E-state index is 1.28. The number of hydrogen-bond donors (Lipinski definition) is 0. The Bertz CT molecular complexity index is 351. The van der Waals surface area contributed by atoms with Crippen LogP contribution in [0.1, 0.15) is 174 Å². The van der Waals surface area contributed by atoms with Crippen molar-refractivity contribution in [1.82, 2.24) is 0 Å². The summed E-state index contributed by atoms with van der Waals surface area (Å²) in [6.45, 7) is 4.42. The van der Waals surface area contributed by atoms with Crippen molar-refractivity contribution < 1.29 is 0 Å². The van der Waals surface area contributed by atoms with E-state index in [1.807, 2.05) is 0 Å². The number of allylic oxidation sites excluding steroid dienone is 4. The van der Waals surface area contributed by atoms with Crippen LogP contribution in [0.5, 0.6) is 0 Å². The maximum Gasteiger partial charge on any atom is -0.0351 e. The SMILES string of the molecule is C/C=C\CCCCCCCCCCCCCCCCCC/C=C\CCCCCCCC. The highest BCUT2D eigenvalue weighted by Gasteiger charge is 1.95. The molecule has 0 fully saturated rings. The maximum atomic E-state index is 2.44. The summed E-state index contributed by atoms with van der Waals surface area (Å²) >= 11 is 0. The summed E-state index contributed by atoms with van der Waals surface area (Å²) in [6.07, 6.45) is 45.1. The summed E-state index contributed by atoms with van der Waals surface area (Å²) in [7, 11) is 0. The smallest absolute Gasteiger partial charge is 0.0351 e. The zero-order valence-corrected chi connectivity index (χ0v) is 22.0.